The van der Waals surface area contributed by atoms with E-state index in [1.807, 2.05) is 6.07 Å². The first-order valence-corrected chi connectivity index (χ1v) is 9.06. The predicted molar refractivity (Wildman–Crippen MR) is 84.7 cm³/mol. The van der Waals surface area contributed by atoms with E-state index in [1.165, 1.54) is 0 Å². The molecule has 0 fully saturated rings. The van der Waals surface area contributed by atoms with Crippen LogP contribution in [0.3, 0.4) is 0 Å². The van der Waals surface area contributed by atoms with Gasteiger partial charge in [-0.15, -0.1) is 0 Å². The van der Waals surface area contributed by atoms with Crippen LogP contribution in [0.1, 0.15) is 26.3 Å². The second-order valence-corrected chi connectivity index (χ2v) is 8.81. The molecule has 0 aliphatic carbocycles. The highest BCUT2D eigenvalue weighted by molar-refractivity contribution is 9.08. The Balaban J connectivity index is 2.72. The van der Waals surface area contributed by atoms with Crippen LogP contribution >= 0.6 is 15.9 Å². The monoisotopic (exact) mass is 364 g/mol. The van der Waals surface area contributed by atoms with E-state index in [-0.39, 0.29) is 12.4 Å². The molecule has 0 radical (unpaired) electrons. The maximum Gasteiger partial charge on any atom is 0.158 e. The molecular formula is C14H21BrO4S. The largest absolute Gasteiger partial charge is 0.497 e. The van der Waals surface area contributed by atoms with Crippen LogP contribution in [0.15, 0.2) is 18.2 Å². The van der Waals surface area contributed by atoms with Crippen molar-refractivity contribution in [2.45, 2.75) is 30.8 Å². The lowest BCUT2D eigenvalue weighted by molar-refractivity contribution is 0.336. The molecule has 0 heterocycles. The van der Waals surface area contributed by atoms with Crippen LogP contribution in [0.4, 0.5) is 0 Å². The molecule has 0 unspecified atom stereocenters. The zero-order valence-corrected chi connectivity index (χ0v) is 14.7. The fourth-order valence-electron chi connectivity index (χ4n) is 1.50. The molecule has 4 nitrogen and oxygen atoms in total. The third-order valence-corrected chi connectivity index (χ3v) is 6.13. The maximum atomic E-state index is 12.0. The zero-order valence-electron chi connectivity index (χ0n) is 12.3. The molecule has 6 heteroatoms. The number of sulfone groups is 1. The van der Waals surface area contributed by atoms with Crippen LogP contribution in [0.25, 0.3) is 0 Å². The number of hydrogen-bond acceptors (Lipinski definition) is 4. The molecule has 0 amide bonds. The zero-order chi connectivity index (χ0) is 15.4. The van der Waals surface area contributed by atoms with Crippen molar-refractivity contribution < 1.29 is 17.9 Å². The van der Waals surface area contributed by atoms with Gasteiger partial charge in [0.1, 0.15) is 18.1 Å². The smallest absolute Gasteiger partial charge is 0.158 e. The maximum absolute atomic E-state index is 12.0. The van der Waals surface area contributed by atoms with Crippen molar-refractivity contribution >= 4 is 25.8 Å². The average Bonchev–Trinajstić information content (AvgIpc) is 2.37. The van der Waals surface area contributed by atoms with Crippen molar-refractivity contribution in [3.8, 4) is 11.5 Å². The van der Waals surface area contributed by atoms with E-state index < -0.39 is 14.6 Å². The summed E-state index contributed by atoms with van der Waals surface area (Å²) in [5.41, 5.74) is 0.928. The van der Waals surface area contributed by atoms with Crippen LogP contribution in [0.2, 0.25) is 0 Å². The number of halogens is 1. The highest BCUT2D eigenvalue weighted by Gasteiger charge is 2.28. The van der Waals surface area contributed by atoms with Gasteiger partial charge < -0.3 is 9.47 Å². The van der Waals surface area contributed by atoms with Crippen molar-refractivity contribution in [2.75, 3.05) is 19.5 Å². The molecule has 1 rings (SSSR count). The molecule has 0 aliphatic heterocycles. The van der Waals surface area contributed by atoms with Crippen molar-refractivity contribution in [1.82, 2.24) is 0 Å². The van der Waals surface area contributed by atoms with E-state index in [1.54, 1.807) is 40.0 Å². The molecule has 0 spiro atoms. The number of ether oxygens (including phenoxy) is 2. The minimum absolute atomic E-state index is 0.00422. The van der Waals surface area contributed by atoms with Gasteiger partial charge in [-0.2, -0.15) is 0 Å². The Morgan fingerprint density at radius 1 is 1.25 bits per heavy atom. The molecule has 0 N–H and O–H groups in total. The van der Waals surface area contributed by atoms with Gasteiger partial charge >= 0.3 is 0 Å². The second kappa shape index (κ2) is 6.80. The van der Waals surface area contributed by atoms with Crippen molar-refractivity contribution in [3.63, 3.8) is 0 Å². The summed E-state index contributed by atoms with van der Waals surface area (Å²) in [5, 5.41) is 0.617. The summed E-state index contributed by atoms with van der Waals surface area (Å²) in [5.74, 6) is 1.42. The van der Waals surface area contributed by atoms with Gasteiger partial charge in [-0.3, -0.25) is 0 Å². The highest BCUT2D eigenvalue weighted by Crippen LogP contribution is 2.26. The van der Waals surface area contributed by atoms with Crippen molar-refractivity contribution in [1.29, 1.82) is 0 Å². The average molecular weight is 365 g/mol. The Morgan fingerprint density at radius 3 is 2.40 bits per heavy atom. The van der Waals surface area contributed by atoms with E-state index in [2.05, 4.69) is 15.9 Å². The van der Waals surface area contributed by atoms with Crippen LogP contribution in [0, 0.1) is 0 Å². The molecule has 0 aliphatic rings. The lowest BCUT2D eigenvalue weighted by Crippen LogP contribution is -2.32. The van der Waals surface area contributed by atoms with Gasteiger partial charge in [-0.05, 0) is 39.0 Å². The number of alkyl halides is 1. The Labute approximate surface area is 129 Å². The molecule has 0 saturated carbocycles. The summed E-state index contributed by atoms with van der Waals surface area (Å²) in [6.45, 7) is 5.23. The molecule has 0 bridgehead atoms. The van der Waals surface area contributed by atoms with Gasteiger partial charge in [0.2, 0.25) is 0 Å². The molecule has 20 heavy (non-hydrogen) atoms. The quantitative estimate of drug-likeness (QED) is 0.727. The normalized spacial score (nSPS) is 12.2. The van der Waals surface area contributed by atoms with E-state index >= 15 is 0 Å². The number of benzene rings is 1. The predicted octanol–water partition coefficient (Wildman–Crippen LogP) is 3.18. The SMILES string of the molecule is COc1ccc(OCCS(=O)(=O)C(C)(C)C)c(CBr)c1. The lowest BCUT2D eigenvalue weighted by atomic mass is 10.2. The summed E-state index contributed by atoms with van der Waals surface area (Å²) in [7, 11) is -1.56. The Morgan fingerprint density at radius 2 is 1.90 bits per heavy atom. The van der Waals surface area contributed by atoms with Crippen LogP contribution < -0.4 is 9.47 Å². The van der Waals surface area contributed by atoms with E-state index in [0.29, 0.717) is 11.1 Å². The summed E-state index contributed by atoms with van der Waals surface area (Å²) in [6, 6.07) is 5.45. The molecular weight excluding hydrogens is 344 g/mol. The van der Waals surface area contributed by atoms with E-state index in [4.69, 9.17) is 9.47 Å². The Kier molecular flexibility index (Phi) is 5.89. The fraction of sp³-hybridized carbons (Fsp3) is 0.571. The van der Waals surface area contributed by atoms with Crippen LogP contribution in [0.5, 0.6) is 11.5 Å². The molecule has 0 saturated heterocycles. The number of hydrogen-bond donors (Lipinski definition) is 0. The van der Waals surface area contributed by atoms with Gasteiger partial charge in [0, 0.05) is 10.9 Å². The molecule has 114 valence electrons. The van der Waals surface area contributed by atoms with Gasteiger partial charge in [-0.25, -0.2) is 8.42 Å². The van der Waals surface area contributed by atoms with Gasteiger partial charge in [0.15, 0.2) is 9.84 Å². The molecule has 1 aromatic rings. The van der Waals surface area contributed by atoms with Crippen molar-refractivity contribution in [2.24, 2.45) is 0 Å². The third-order valence-electron chi connectivity index (χ3n) is 2.95. The number of rotatable bonds is 6. The fourth-order valence-corrected chi connectivity index (χ4v) is 2.85. The molecule has 0 atom stereocenters. The van der Waals surface area contributed by atoms with Gasteiger partial charge in [-0.1, -0.05) is 15.9 Å². The first kappa shape index (κ1) is 17.3. The third kappa shape index (κ3) is 4.38. The topological polar surface area (TPSA) is 52.6 Å². The molecule has 1 aromatic carbocycles. The van der Waals surface area contributed by atoms with Crippen LogP contribution in [-0.4, -0.2) is 32.6 Å². The highest BCUT2D eigenvalue weighted by atomic mass is 79.9. The summed E-state index contributed by atoms with van der Waals surface area (Å²) in [4.78, 5) is 0. The first-order valence-electron chi connectivity index (χ1n) is 6.29. The summed E-state index contributed by atoms with van der Waals surface area (Å²) < 4.78 is 34.0. The minimum atomic E-state index is -3.16. The Bertz CT molecular complexity index is 547. The summed E-state index contributed by atoms with van der Waals surface area (Å²) in [6.07, 6.45) is 0. The van der Waals surface area contributed by atoms with E-state index in [0.717, 1.165) is 11.3 Å². The minimum Gasteiger partial charge on any atom is -0.497 e. The first-order chi connectivity index (χ1) is 9.21. The van der Waals surface area contributed by atoms with Crippen molar-refractivity contribution in [3.05, 3.63) is 23.8 Å². The molecule has 0 aromatic heterocycles. The number of methoxy groups -OCH3 is 1. The second-order valence-electron chi connectivity index (χ2n) is 5.39. The standard InChI is InChI=1S/C14H21BrO4S/c1-14(2,3)20(16,17)8-7-19-13-6-5-12(18-4)9-11(13)10-15/h5-6,9H,7-8,10H2,1-4H3. The van der Waals surface area contributed by atoms with Gasteiger partial charge in [0.05, 0.1) is 17.6 Å². The van der Waals surface area contributed by atoms with Crippen LogP contribution in [-0.2, 0) is 15.2 Å². The van der Waals surface area contributed by atoms with Gasteiger partial charge in [0.25, 0.3) is 0 Å². The Hall–Kier alpha value is -0.750. The van der Waals surface area contributed by atoms with E-state index in [9.17, 15) is 8.42 Å². The summed E-state index contributed by atoms with van der Waals surface area (Å²) >= 11 is 3.38. The lowest BCUT2D eigenvalue weighted by Gasteiger charge is -2.19.